The Hall–Kier alpha value is 2.97. The summed E-state index contributed by atoms with van der Waals surface area (Å²) < 4.78 is 0. The van der Waals surface area contributed by atoms with E-state index in [2.05, 4.69) is 0 Å². The van der Waals surface area contributed by atoms with Gasteiger partial charge in [-0.2, -0.15) is 0 Å². The van der Waals surface area contributed by atoms with Crippen LogP contribution in [0.25, 0.3) is 0 Å². The van der Waals surface area contributed by atoms with Crippen LogP contribution < -0.4 is 0 Å². The van der Waals surface area contributed by atoms with Gasteiger partial charge in [0.15, 0.2) is 0 Å². The van der Waals surface area contributed by atoms with E-state index in [4.69, 9.17) is 0 Å². The van der Waals surface area contributed by atoms with Gasteiger partial charge in [-0.3, -0.25) is 0 Å². The van der Waals surface area contributed by atoms with Crippen molar-refractivity contribution in [3.05, 3.63) is 0 Å². The van der Waals surface area contributed by atoms with Crippen LogP contribution in [0.2, 0.25) is 0 Å². The van der Waals surface area contributed by atoms with Crippen molar-refractivity contribution >= 4 is 18.9 Å². The summed E-state index contributed by atoms with van der Waals surface area (Å²) in [6.07, 6.45) is 0. The molecule has 0 spiro atoms. The largest absolute Gasteiger partial charge is 0 e. The molecule has 0 aliphatic carbocycles. The van der Waals surface area contributed by atoms with Crippen molar-refractivity contribution in [3.8, 4) is 0 Å². The van der Waals surface area contributed by atoms with Gasteiger partial charge in [0.1, 0.15) is 0 Å². The first-order valence-corrected chi connectivity index (χ1v) is 0. The number of hydrogen-bond donors (Lipinski definition) is 0. The third-order valence-corrected chi connectivity index (χ3v) is 0. The predicted molar refractivity (Wildman–Crippen MR) is 5.75 cm³/mol. The number of hydrogen-bond acceptors (Lipinski definition) is 0. The summed E-state index contributed by atoms with van der Waals surface area (Å²) in [4.78, 5) is 0. The maximum absolute atomic E-state index is 0. The van der Waals surface area contributed by atoms with Gasteiger partial charge in [-0.1, -0.05) is 0 Å². The van der Waals surface area contributed by atoms with Gasteiger partial charge in [0.25, 0.3) is 0 Å². The molecule has 0 saturated heterocycles. The molecule has 0 unspecified atom stereocenters. The van der Waals surface area contributed by atoms with Crippen molar-refractivity contribution in [1.29, 1.82) is 0 Å². The van der Waals surface area contributed by atoms with Crippen LogP contribution in [0, 0.1) is 35.6 Å². The summed E-state index contributed by atoms with van der Waals surface area (Å²) in [6, 6.07) is 0. The maximum atomic E-state index is 0. The van der Waals surface area contributed by atoms with Crippen molar-refractivity contribution in [2.75, 3.05) is 0 Å². The van der Waals surface area contributed by atoms with Crippen molar-refractivity contribution < 1.29 is 73.2 Å². The Morgan fingerprint density at radius 1 is 1.00 bits per heavy atom. The van der Waals surface area contributed by atoms with E-state index in [9.17, 15) is 0 Å². The molecule has 0 N–H and O–H groups in total. The van der Waals surface area contributed by atoms with Crippen LogP contribution in [0.15, 0.2) is 0 Å². The zero-order valence-corrected chi connectivity index (χ0v) is 8.92. The molecule has 0 rings (SSSR count). The Balaban J connectivity index is 0. The Bertz CT molecular complexity index is 8.00. The van der Waals surface area contributed by atoms with Crippen LogP contribution in [0.3, 0.4) is 0 Å². The number of rotatable bonds is 0. The van der Waals surface area contributed by atoms with Gasteiger partial charge in [0.2, 0.25) is 0 Å². The maximum Gasteiger partial charge on any atom is 0 e. The molecule has 0 aromatic rings. The molecule has 4 heteroatoms. The van der Waals surface area contributed by atoms with E-state index in [0.29, 0.717) is 0 Å². The predicted octanol–water partition coefficient (Wildman–Crippen LogP) is -0.386. The molecule has 2 radical (unpaired) electrons. The minimum absolute atomic E-state index is 0. The van der Waals surface area contributed by atoms with Crippen LogP contribution in [-0.2, 0) is 37.6 Å². The van der Waals surface area contributed by atoms with Gasteiger partial charge < -0.3 is 0 Å². The molecule has 0 aromatic heterocycles. The molecule has 0 aliphatic rings. The van der Waals surface area contributed by atoms with Gasteiger partial charge in [-0.05, 0) is 0 Å². The summed E-state index contributed by atoms with van der Waals surface area (Å²) in [5, 5.41) is 0. The van der Waals surface area contributed by atoms with Crippen LogP contribution >= 0.6 is 0 Å². The van der Waals surface area contributed by atoms with E-state index in [0.717, 1.165) is 0 Å². The first kappa shape index (κ1) is 28.1. The van der Waals surface area contributed by atoms with Crippen molar-refractivity contribution in [2.24, 2.45) is 0 Å². The minimum atomic E-state index is 0. The van der Waals surface area contributed by atoms with E-state index in [1.807, 2.05) is 0 Å². The fourth-order valence-corrected chi connectivity index (χ4v) is 0. The smallest absolute Gasteiger partial charge is 0 e. The average Bonchev–Trinajstić information content (AvgIpc) is 0. The molecular weight excluding hydrogens is 300 g/mol. The fourth-order valence-electron chi connectivity index (χ4n) is 0. The van der Waals surface area contributed by atoms with E-state index in [1.165, 1.54) is 0 Å². The fraction of sp³-hybridized carbons (Fsp3) is 0. The van der Waals surface area contributed by atoms with Gasteiger partial charge in [0.05, 0.1) is 0 Å². The average molecular weight is 300 g/mol. The third-order valence-electron chi connectivity index (χ3n) is 0. The third kappa shape index (κ3) is 8.88. The summed E-state index contributed by atoms with van der Waals surface area (Å²) in [5.41, 5.74) is 0. The second-order valence-corrected chi connectivity index (χ2v) is 0. The van der Waals surface area contributed by atoms with Gasteiger partial charge >= 0.3 is 0 Å². The van der Waals surface area contributed by atoms with E-state index >= 15 is 0 Å². The first-order chi connectivity index (χ1) is 0. The second kappa shape index (κ2) is 16.7. The monoisotopic (exact) mass is 302 g/mol. The summed E-state index contributed by atoms with van der Waals surface area (Å²) >= 11 is 0. The topological polar surface area (TPSA) is 0 Å². The quantitative estimate of drug-likeness (QED) is 0.535. The van der Waals surface area contributed by atoms with Crippen molar-refractivity contribution in [3.63, 3.8) is 0 Å². The molecule has 0 atom stereocenters. The standard InChI is InChI=1S/La.Li.Mo.Ni. The Kier molecular flexibility index (Phi) is 118. The van der Waals surface area contributed by atoms with Crippen LogP contribution in [0.4, 0.5) is 0 Å². The molecule has 0 aliphatic heterocycles. The molecule has 4 heavy (non-hydrogen) atoms. The molecule has 0 aromatic carbocycles. The van der Waals surface area contributed by atoms with Crippen LogP contribution in [-0.4, -0.2) is 18.9 Å². The zero-order chi connectivity index (χ0) is 0. The normalized spacial score (nSPS) is 0. The summed E-state index contributed by atoms with van der Waals surface area (Å²) in [5.74, 6) is 0. The van der Waals surface area contributed by atoms with Crippen molar-refractivity contribution in [1.82, 2.24) is 0 Å². The van der Waals surface area contributed by atoms with E-state index < -0.39 is 0 Å². The Morgan fingerprint density at radius 2 is 1.00 bits per heavy atom. The molecule has 0 nitrogen and oxygen atoms in total. The van der Waals surface area contributed by atoms with Gasteiger partial charge in [-0.25, -0.2) is 0 Å². The summed E-state index contributed by atoms with van der Waals surface area (Å²) in [7, 11) is 0. The molecule has 0 amide bonds. The minimum Gasteiger partial charge on any atom is 0 e. The zero-order valence-electron chi connectivity index (χ0n) is 2.30. The van der Waals surface area contributed by atoms with E-state index in [-0.39, 0.29) is 92.0 Å². The van der Waals surface area contributed by atoms with Crippen LogP contribution in [0.1, 0.15) is 0 Å². The van der Waals surface area contributed by atoms with Crippen LogP contribution in [0.5, 0.6) is 0 Å². The van der Waals surface area contributed by atoms with Crippen molar-refractivity contribution in [2.45, 2.75) is 0 Å². The summed E-state index contributed by atoms with van der Waals surface area (Å²) in [6.45, 7) is 0. The SMILES string of the molecule is [La].[Li].[Mo].[Ni]. The molecule has 20 valence electrons. The van der Waals surface area contributed by atoms with Gasteiger partial charge in [0, 0.05) is 92.0 Å². The van der Waals surface area contributed by atoms with E-state index in [1.54, 1.807) is 0 Å². The Morgan fingerprint density at radius 3 is 1.00 bits per heavy atom. The molecule has 0 saturated carbocycles. The van der Waals surface area contributed by atoms with Gasteiger partial charge in [-0.15, -0.1) is 0 Å². The first-order valence-electron chi connectivity index (χ1n) is 0. The second-order valence-electron chi connectivity index (χ2n) is 0. The molecular formula is LaLiMoNi. The Labute approximate surface area is 90.2 Å². The molecule has 0 bridgehead atoms. The molecule has 0 fully saturated rings. The molecule has 0 heterocycles.